The summed E-state index contributed by atoms with van der Waals surface area (Å²) in [7, 11) is 1.66. The van der Waals surface area contributed by atoms with Crippen LogP contribution < -0.4 is 5.48 Å². The van der Waals surface area contributed by atoms with E-state index in [9.17, 15) is 0 Å². The Hall–Kier alpha value is -0.910. The first-order valence-corrected chi connectivity index (χ1v) is 4.73. The molecule has 0 aliphatic heterocycles. The standard InChI is InChI=1S/C9H17N3O2/c1-13-7-8-14-11-3-2-5-12-6-4-10-9-12/h4,6,9,11H,2-3,5,7-8H2,1H3. The molecule has 0 radical (unpaired) electrons. The Balaban J connectivity index is 1.85. The van der Waals surface area contributed by atoms with Crippen LogP contribution in [0.1, 0.15) is 6.42 Å². The molecular weight excluding hydrogens is 182 g/mol. The Morgan fingerprint density at radius 2 is 2.36 bits per heavy atom. The van der Waals surface area contributed by atoms with Crippen LogP contribution in [0.3, 0.4) is 0 Å². The van der Waals surface area contributed by atoms with Gasteiger partial charge in [0.15, 0.2) is 0 Å². The number of ether oxygens (including phenoxy) is 1. The number of nitrogens with zero attached hydrogens (tertiary/aromatic N) is 2. The average molecular weight is 199 g/mol. The van der Waals surface area contributed by atoms with Crippen LogP contribution >= 0.6 is 0 Å². The minimum absolute atomic E-state index is 0.585. The molecule has 1 aromatic rings. The zero-order chi connectivity index (χ0) is 10.1. The van der Waals surface area contributed by atoms with Gasteiger partial charge in [-0.25, -0.2) is 10.5 Å². The molecule has 1 heterocycles. The van der Waals surface area contributed by atoms with Crippen LogP contribution in [-0.2, 0) is 16.1 Å². The minimum atomic E-state index is 0.585. The first-order valence-electron chi connectivity index (χ1n) is 4.73. The molecule has 1 N–H and O–H groups in total. The van der Waals surface area contributed by atoms with E-state index in [1.807, 2.05) is 17.1 Å². The molecule has 0 bridgehead atoms. The van der Waals surface area contributed by atoms with E-state index in [0.717, 1.165) is 19.5 Å². The zero-order valence-electron chi connectivity index (χ0n) is 8.48. The van der Waals surface area contributed by atoms with Gasteiger partial charge in [0, 0.05) is 32.6 Å². The molecule has 0 atom stereocenters. The number of hydrogen-bond donors (Lipinski definition) is 1. The summed E-state index contributed by atoms with van der Waals surface area (Å²) in [6.45, 7) is 3.00. The molecule has 80 valence electrons. The molecule has 1 rings (SSSR count). The normalized spacial score (nSPS) is 10.6. The smallest absolute Gasteiger partial charge is 0.0945 e. The van der Waals surface area contributed by atoms with Crippen molar-refractivity contribution >= 4 is 0 Å². The van der Waals surface area contributed by atoms with Gasteiger partial charge >= 0.3 is 0 Å². The van der Waals surface area contributed by atoms with E-state index in [4.69, 9.17) is 9.57 Å². The fourth-order valence-corrected chi connectivity index (χ4v) is 1.02. The molecule has 0 unspecified atom stereocenters. The number of aromatic nitrogens is 2. The van der Waals surface area contributed by atoms with Crippen molar-refractivity contribution in [1.82, 2.24) is 15.0 Å². The van der Waals surface area contributed by atoms with Crippen molar-refractivity contribution in [2.45, 2.75) is 13.0 Å². The maximum Gasteiger partial charge on any atom is 0.0945 e. The van der Waals surface area contributed by atoms with Gasteiger partial charge in [-0.15, -0.1) is 0 Å². The van der Waals surface area contributed by atoms with Crippen molar-refractivity contribution in [2.75, 3.05) is 26.9 Å². The number of hydroxylamine groups is 1. The van der Waals surface area contributed by atoms with E-state index in [0.29, 0.717) is 13.2 Å². The number of aryl methyl sites for hydroxylation is 1. The van der Waals surface area contributed by atoms with Gasteiger partial charge in [-0.3, -0.25) is 4.84 Å². The number of rotatable bonds is 8. The van der Waals surface area contributed by atoms with Crippen molar-refractivity contribution in [3.05, 3.63) is 18.7 Å². The third-order valence-electron chi connectivity index (χ3n) is 1.75. The monoisotopic (exact) mass is 199 g/mol. The van der Waals surface area contributed by atoms with Crippen molar-refractivity contribution in [2.24, 2.45) is 0 Å². The van der Waals surface area contributed by atoms with Crippen LogP contribution in [-0.4, -0.2) is 36.4 Å². The SMILES string of the molecule is COCCONCCCn1ccnc1. The Bertz CT molecular complexity index is 214. The summed E-state index contributed by atoms with van der Waals surface area (Å²) in [5, 5.41) is 0. The van der Waals surface area contributed by atoms with Gasteiger partial charge in [0.2, 0.25) is 0 Å². The van der Waals surface area contributed by atoms with Crippen LogP contribution in [0.4, 0.5) is 0 Å². The van der Waals surface area contributed by atoms with Gasteiger partial charge < -0.3 is 9.30 Å². The topological polar surface area (TPSA) is 48.3 Å². The largest absolute Gasteiger partial charge is 0.382 e. The van der Waals surface area contributed by atoms with Crippen LogP contribution in [0.15, 0.2) is 18.7 Å². The highest BCUT2D eigenvalue weighted by Gasteiger charge is 1.90. The van der Waals surface area contributed by atoms with Gasteiger partial charge in [0.05, 0.1) is 19.5 Å². The molecule has 14 heavy (non-hydrogen) atoms. The van der Waals surface area contributed by atoms with Gasteiger partial charge in [-0.2, -0.15) is 0 Å². The molecule has 0 fully saturated rings. The highest BCUT2D eigenvalue weighted by Crippen LogP contribution is 1.88. The Kier molecular flexibility index (Phi) is 5.97. The molecule has 0 aliphatic carbocycles. The third-order valence-corrected chi connectivity index (χ3v) is 1.75. The maximum absolute atomic E-state index is 5.09. The highest BCUT2D eigenvalue weighted by atomic mass is 16.7. The molecule has 0 spiro atoms. The van der Waals surface area contributed by atoms with E-state index >= 15 is 0 Å². The fraction of sp³-hybridized carbons (Fsp3) is 0.667. The lowest BCUT2D eigenvalue weighted by Gasteiger charge is -2.05. The van der Waals surface area contributed by atoms with Crippen molar-refractivity contribution in [3.8, 4) is 0 Å². The molecule has 0 saturated carbocycles. The molecule has 0 amide bonds. The van der Waals surface area contributed by atoms with Gasteiger partial charge in [-0.05, 0) is 6.42 Å². The predicted molar refractivity (Wildman–Crippen MR) is 52.7 cm³/mol. The number of methoxy groups -OCH3 is 1. The first-order chi connectivity index (χ1) is 6.93. The number of hydrogen-bond acceptors (Lipinski definition) is 4. The van der Waals surface area contributed by atoms with Gasteiger partial charge in [0.25, 0.3) is 0 Å². The lowest BCUT2D eigenvalue weighted by molar-refractivity contribution is 0.00628. The second kappa shape index (κ2) is 7.49. The summed E-state index contributed by atoms with van der Waals surface area (Å²) >= 11 is 0. The molecule has 5 heteroatoms. The Labute approximate surface area is 84.0 Å². The quantitative estimate of drug-likeness (QED) is 0.487. The summed E-state index contributed by atoms with van der Waals surface area (Å²) in [6, 6.07) is 0. The van der Waals surface area contributed by atoms with E-state index in [1.54, 1.807) is 13.3 Å². The fourth-order valence-electron chi connectivity index (χ4n) is 1.02. The summed E-state index contributed by atoms with van der Waals surface area (Å²) in [5.41, 5.74) is 2.87. The third kappa shape index (κ3) is 4.96. The van der Waals surface area contributed by atoms with Crippen LogP contribution in [0.2, 0.25) is 0 Å². The molecule has 0 aromatic carbocycles. The Morgan fingerprint density at radius 3 is 3.07 bits per heavy atom. The van der Waals surface area contributed by atoms with Crippen LogP contribution in [0.5, 0.6) is 0 Å². The van der Waals surface area contributed by atoms with Crippen molar-refractivity contribution in [1.29, 1.82) is 0 Å². The molecule has 0 saturated heterocycles. The summed E-state index contributed by atoms with van der Waals surface area (Å²) in [5.74, 6) is 0. The predicted octanol–water partition coefficient (Wildman–Crippen LogP) is 0.441. The first kappa shape index (κ1) is 11.2. The molecule has 0 aliphatic rings. The zero-order valence-corrected chi connectivity index (χ0v) is 8.48. The lowest BCUT2D eigenvalue weighted by atomic mass is 10.4. The second-order valence-corrected chi connectivity index (χ2v) is 2.89. The molecule has 5 nitrogen and oxygen atoms in total. The van der Waals surface area contributed by atoms with E-state index in [2.05, 4.69) is 10.5 Å². The average Bonchev–Trinajstić information content (AvgIpc) is 2.69. The van der Waals surface area contributed by atoms with E-state index in [1.165, 1.54) is 0 Å². The summed E-state index contributed by atoms with van der Waals surface area (Å²) in [4.78, 5) is 9.05. The van der Waals surface area contributed by atoms with Crippen LogP contribution in [0, 0.1) is 0 Å². The highest BCUT2D eigenvalue weighted by molar-refractivity contribution is 4.73. The molecular formula is C9H17N3O2. The summed E-state index contributed by atoms with van der Waals surface area (Å²) in [6.07, 6.45) is 6.56. The molecule has 1 aromatic heterocycles. The minimum Gasteiger partial charge on any atom is -0.382 e. The van der Waals surface area contributed by atoms with E-state index < -0.39 is 0 Å². The summed E-state index contributed by atoms with van der Waals surface area (Å²) < 4.78 is 6.87. The van der Waals surface area contributed by atoms with Crippen molar-refractivity contribution < 1.29 is 9.57 Å². The van der Waals surface area contributed by atoms with Gasteiger partial charge in [-0.1, -0.05) is 0 Å². The second-order valence-electron chi connectivity index (χ2n) is 2.89. The number of nitrogens with one attached hydrogen (secondary N) is 1. The van der Waals surface area contributed by atoms with Crippen molar-refractivity contribution in [3.63, 3.8) is 0 Å². The van der Waals surface area contributed by atoms with Gasteiger partial charge in [0.1, 0.15) is 0 Å². The van der Waals surface area contributed by atoms with Crippen LogP contribution in [0.25, 0.3) is 0 Å². The Morgan fingerprint density at radius 1 is 1.43 bits per heavy atom. The van der Waals surface area contributed by atoms with E-state index in [-0.39, 0.29) is 0 Å². The lowest BCUT2D eigenvalue weighted by Crippen LogP contribution is -2.19. The maximum atomic E-state index is 5.09. The number of imidazole rings is 1.